The Balaban J connectivity index is 1.83. The van der Waals surface area contributed by atoms with E-state index in [0.717, 1.165) is 54.1 Å². The number of alkyl halides is 1. The molecule has 2 aromatic carbocycles. The van der Waals surface area contributed by atoms with Crippen LogP contribution in [0.3, 0.4) is 0 Å². The van der Waals surface area contributed by atoms with Crippen LogP contribution < -0.4 is 0 Å². The third-order valence-electron chi connectivity index (χ3n) is 7.21. The highest BCUT2D eigenvalue weighted by atomic mass is 19.1. The van der Waals surface area contributed by atoms with Crippen molar-refractivity contribution in [3.05, 3.63) is 81.6 Å². The number of carbonyl (C=O) groups is 1. The lowest BCUT2D eigenvalue weighted by atomic mass is 9.78. The second-order valence-corrected chi connectivity index (χ2v) is 8.77. The van der Waals surface area contributed by atoms with Gasteiger partial charge >= 0.3 is 0 Å². The summed E-state index contributed by atoms with van der Waals surface area (Å²) in [5, 5.41) is 1.02. The minimum Gasteiger partial charge on any atom is -0.343 e. The van der Waals surface area contributed by atoms with Crippen LogP contribution in [0.2, 0.25) is 0 Å². The lowest BCUT2D eigenvalue weighted by molar-refractivity contribution is 0.103. The summed E-state index contributed by atoms with van der Waals surface area (Å²) >= 11 is 0. The number of carbonyl (C=O) groups excluding carboxylic acids is 1. The lowest BCUT2D eigenvalue weighted by Gasteiger charge is -2.27. The highest BCUT2D eigenvalue weighted by Crippen LogP contribution is 2.39. The van der Waals surface area contributed by atoms with E-state index in [2.05, 4.69) is 42.8 Å². The van der Waals surface area contributed by atoms with Crippen molar-refractivity contribution < 1.29 is 9.18 Å². The molecule has 0 amide bonds. The number of hydrogen-bond acceptors (Lipinski definition) is 1. The minimum absolute atomic E-state index is 0.117. The van der Waals surface area contributed by atoms with Gasteiger partial charge in [-0.25, -0.2) is 0 Å². The number of fused-ring (bicyclic) bond motifs is 6. The number of nitrogens with zero attached hydrogens (tertiary/aromatic N) is 1. The number of hydrogen-bond donors (Lipinski definition) is 0. The fraction of sp³-hybridized carbons (Fsp3) is 0.370. The van der Waals surface area contributed by atoms with Gasteiger partial charge in [0.25, 0.3) is 0 Å². The van der Waals surface area contributed by atoms with Gasteiger partial charge in [-0.3, -0.25) is 9.18 Å². The zero-order valence-corrected chi connectivity index (χ0v) is 17.8. The molecule has 3 heteroatoms. The molecule has 154 valence electrons. The van der Waals surface area contributed by atoms with Gasteiger partial charge in [-0.05, 0) is 68.2 Å². The number of aromatic nitrogens is 1. The normalized spacial score (nSPS) is 18.6. The molecule has 0 spiro atoms. The summed E-state index contributed by atoms with van der Waals surface area (Å²) in [7, 11) is 0. The Kier molecular flexibility index (Phi) is 4.85. The molecule has 0 saturated heterocycles. The Bertz CT molecular complexity index is 1180. The summed E-state index contributed by atoms with van der Waals surface area (Å²) in [6, 6.07) is 12.5. The van der Waals surface area contributed by atoms with Crippen LogP contribution in [-0.2, 0) is 12.8 Å². The fourth-order valence-electron chi connectivity index (χ4n) is 5.55. The molecule has 1 aliphatic carbocycles. The van der Waals surface area contributed by atoms with Crippen LogP contribution in [0.25, 0.3) is 10.9 Å². The number of halogens is 1. The Labute approximate surface area is 177 Å². The molecule has 0 radical (unpaired) electrons. The summed E-state index contributed by atoms with van der Waals surface area (Å²) in [6.45, 7) is 4.01. The van der Waals surface area contributed by atoms with Gasteiger partial charge in [0.05, 0.1) is 6.67 Å². The average Bonchev–Trinajstić information content (AvgIpc) is 3.15. The quantitative estimate of drug-likeness (QED) is 0.449. The zero-order chi connectivity index (χ0) is 20.8. The van der Waals surface area contributed by atoms with Crippen LogP contribution in [0, 0.1) is 6.92 Å². The molecule has 4 bridgehead atoms. The van der Waals surface area contributed by atoms with Crippen molar-refractivity contribution in [1.29, 1.82) is 0 Å². The average molecular weight is 402 g/mol. The van der Waals surface area contributed by atoms with Crippen LogP contribution in [0.4, 0.5) is 4.39 Å². The third-order valence-corrected chi connectivity index (χ3v) is 7.21. The highest BCUT2D eigenvalue weighted by Gasteiger charge is 2.28. The second-order valence-electron chi connectivity index (χ2n) is 8.77. The highest BCUT2D eigenvalue weighted by molar-refractivity contribution is 6.17. The minimum atomic E-state index is -0.320. The molecule has 2 heterocycles. The smallest absolute Gasteiger partial charge is 0.195 e. The Hall–Kier alpha value is -2.68. The SMILES string of the molecule is CCC1CC(CCF)=C2CCc3c(C)ccc(c3C2)C(=O)c2cn1c1ccccc21. The molecule has 1 aliphatic heterocycles. The number of ketones is 1. The molecule has 3 aromatic rings. The van der Waals surface area contributed by atoms with Gasteiger partial charge in [0.15, 0.2) is 5.78 Å². The van der Waals surface area contributed by atoms with Crippen LogP contribution in [0.5, 0.6) is 0 Å². The van der Waals surface area contributed by atoms with Gasteiger partial charge in [0.2, 0.25) is 0 Å². The topological polar surface area (TPSA) is 22.0 Å². The Morgan fingerprint density at radius 1 is 1.07 bits per heavy atom. The monoisotopic (exact) mass is 401 g/mol. The molecule has 2 aliphatic rings. The van der Waals surface area contributed by atoms with Gasteiger partial charge in [0, 0.05) is 34.3 Å². The molecule has 30 heavy (non-hydrogen) atoms. The van der Waals surface area contributed by atoms with E-state index < -0.39 is 0 Å². The van der Waals surface area contributed by atoms with Crippen LogP contribution >= 0.6 is 0 Å². The van der Waals surface area contributed by atoms with Crippen LogP contribution in [0.15, 0.2) is 53.7 Å². The Morgan fingerprint density at radius 3 is 2.70 bits per heavy atom. The standard InChI is InChI=1S/C27H28FNO/c1-3-20-14-19(12-13-28)18-9-11-21-17(2)8-10-23(24(21)15-18)27(30)25-16-29(20)26-7-5-4-6-22(25)26/h4-8,10,16,20H,3,9,11-15H2,1-2H3. The lowest BCUT2D eigenvalue weighted by Crippen LogP contribution is -2.16. The van der Waals surface area contributed by atoms with E-state index in [0.29, 0.717) is 6.42 Å². The van der Waals surface area contributed by atoms with Gasteiger partial charge in [0.1, 0.15) is 0 Å². The van der Waals surface area contributed by atoms with Crippen molar-refractivity contribution >= 4 is 16.7 Å². The first-order valence-electron chi connectivity index (χ1n) is 11.1. The van der Waals surface area contributed by atoms with E-state index in [9.17, 15) is 9.18 Å². The molecule has 0 N–H and O–H groups in total. The molecular weight excluding hydrogens is 373 g/mol. The van der Waals surface area contributed by atoms with Crippen molar-refractivity contribution in [2.75, 3.05) is 6.67 Å². The largest absolute Gasteiger partial charge is 0.343 e. The van der Waals surface area contributed by atoms with E-state index in [-0.39, 0.29) is 18.5 Å². The van der Waals surface area contributed by atoms with Gasteiger partial charge in [-0.2, -0.15) is 0 Å². The zero-order valence-electron chi connectivity index (χ0n) is 17.8. The van der Waals surface area contributed by atoms with Gasteiger partial charge in [-0.15, -0.1) is 0 Å². The third kappa shape index (κ3) is 2.94. The summed E-state index contributed by atoms with van der Waals surface area (Å²) in [5.74, 6) is 0.117. The van der Waals surface area contributed by atoms with E-state index >= 15 is 0 Å². The molecule has 5 rings (SSSR count). The van der Waals surface area contributed by atoms with E-state index in [1.807, 2.05) is 18.2 Å². The number of rotatable bonds is 3. The fourth-order valence-corrected chi connectivity index (χ4v) is 5.55. The molecule has 0 fully saturated rings. The summed E-state index contributed by atoms with van der Waals surface area (Å²) in [6.07, 6.45) is 7.09. The summed E-state index contributed by atoms with van der Waals surface area (Å²) in [5.41, 5.74) is 9.08. The van der Waals surface area contributed by atoms with E-state index in [4.69, 9.17) is 0 Å². The Morgan fingerprint density at radius 2 is 1.90 bits per heavy atom. The predicted octanol–water partition coefficient (Wildman–Crippen LogP) is 6.68. The van der Waals surface area contributed by atoms with Gasteiger partial charge < -0.3 is 4.57 Å². The summed E-state index contributed by atoms with van der Waals surface area (Å²) < 4.78 is 15.8. The molecule has 1 atom stereocenters. The van der Waals surface area contributed by atoms with E-state index in [1.165, 1.54) is 27.8 Å². The van der Waals surface area contributed by atoms with Gasteiger partial charge in [-0.1, -0.05) is 48.4 Å². The number of benzene rings is 2. The van der Waals surface area contributed by atoms with Crippen LogP contribution in [-0.4, -0.2) is 17.0 Å². The maximum atomic E-state index is 13.8. The predicted molar refractivity (Wildman–Crippen MR) is 120 cm³/mol. The van der Waals surface area contributed by atoms with Crippen LogP contribution in [0.1, 0.15) is 71.3 Å². The molecule has 2 nitrogen and oxygen atoms in total. The number of aryl methyl sites for hydroxylation is 1. The van der Waals surface area contributed by atoms with Crippen molar-refractivity contribution in [1.82, 2.24) is 4.57 Å². The maximum absolute atomic E-state index is 13.8. The molecular formula is C27H28FNO. The summed E-state index contributed by atoms with van der Waals surface area (Å²) in [4.78, 5) is 13.8. The van der Waals surface area contributed by atoms with Crippen molar-refractivity contribution in [3.8, 4) is 0 Å². The molecule has 0 saturated carbocycles. The molecule has 1 aromatic heterocycles. The molecule has 1 unspecified atom stereocenters. The number of allylic oxidation sites excluding steroid dienone is 2. The van der Waals surface area contributed by atoms with Crippen molar-refractivity contribution in [2.45, 2.75) is 58.4 Å². The van der Waals surface area contributed by atoms with Crippen molar-refractivity contribution in [2.24, 2.45) is 0 Å². The maximum Gasteiger partial charge on any atom is 0.195 e. The van der Waals surface area contributed by atoms with Crippen molar-refractivity contribution in [3.63, 3.8) is 0 Å². The number of para-hydroxylation sites is 1. The first kappa shape index (κ1) is 19.3. The second kappa shape index (κ2) is 7.54. The van der Waals surface area contributed by atoms with E-state index in [1.54, 1.807) is 0 Å². The first-order valence-corrected chi connectivity index (χ1v) is 11.1. The first-order chi connectivity index (χ1) is 14.6.